The minimum Gasteiger partial charge on any atom is -0.511 e. The number of aryl methyl sites for hydroxylation is 1. The Morgan fingerprint density at radius 1 is 1.53 bits per heavy atom. The Labute approximate surface area is 116 Å². The van der Waals surface area contributed by atoms with Crippen molar-refractivity contribution in [3.05, 3.63) is 40.9 Å². The van der Waals surface area contributed by atoms with Crippen molar-refractivity contribution >= 4 is 22.9 Å². The number of aliphatic hydroxyl groups is 1. The lowest BCUT2D eigenvalue weighted by atomic mass is 10.1. The van der Waals surface area contributed by atoms with Gasteiger partial charge in [0.05, 0.1) is 0 Å². The number of nitrogens with one attached hydrogen (secondary N) is 1. The maximum Gasteiger partial charge on any atom is 0.126 e. The summed E-state index contributed by atoms with van der Waals surface area (Å²) in [4.78, 5) is 0.165. The molecule has 0 spiro atoms. The zero-order valence-corrected chi connectivity index (χ0v) is 11.2. The van der Waals surface area contributed by atoms with Crippen molar-refractivity contribution in [2.75, 3.05) is 5.32 Å². The standard InChI is InChI=1S/C14H13FN2OS/c1-8-6-10(4-5-12(8)15)17-14(19)11(7-16)13(18)9-2-3-9/h4-6,9,18H,2-3H2,1H3,(H,17,19). The second-order valence-electron chi connectivity index (χ2n) is 4.56. The van der Waals surface area contributed by atoms with E-state index in [1.807, 2.05) is 6.07 Å². The van der Waals surface area contributed by atoms with Crippen LogP contribution in [0.4, 0.5) is 10.1 Å². The lowest BCUT2D eigenvalue weighted by Crippen LogP contribution is -2.14. The van der Waals surface area contributed by atoms with Crippen LogP contribution in [0.5, 0.6) is 0 Å². The molecule has 1 fully saturated rings. The van der Waals surface area contributed by atoms with Gasteiger partial charge in [0.25, 0.3) is 0 Å². The van der Waals surface area contributed by atoms with Crippen LogP contribution in [0.1, 0.15) is 18.4 Å². The molecule has 98 valence electrons. The number of hydrogen-bond acceptors (Lipinski definition) is 3. The summed E-state index contributed by atoms with van der Waals surface area (Å²) < 4.78 is 13.1. The van der Waals surface area contributed by atoms with Gasteiger partial charge in [0.15, 0.2) is 0 Å². The third-order valence-corrected chi connectivity index (χ3v) is 3.28. The smallest absolute Gasteiger partial charge is 0.126 e. The van der Waals surface area contributed by atoms with Crippen molar-refractivity contribution in [1.82, 2.24) is 0 Å². The average Bonchev–Trinajstić information content (AvgIpc) is 3.18. The molecule has 0 radical (unpaired) electrons. The molecule has 1 saturated carbocycles. The molecule has 3 nitrogen and oxygen atoms in total. The minimum atomic E-state index is -0.298. The van der Waals surface area contributed by atoms with Crippen LogP contribution >= 0.6 is 12.2 Å². The van der Waals surface area contributed by atoms with Crippen molar-refractivity contribution < 1.29 is 9.50 Å². The lowest BCUT2D eigenvalue weighted by Gasteiger charge is -2.09. The Balaban J connectivity index is 2.18. The first-order chi connectivity index (χ1) is 9.02. The predicted octanol–water partition coefficient (Wildman–Crippen LogP) is 3.62. The molecule has 0 atom stereocenters. The fraction of sp³-hybridized carbons (Fsp3) is 0.286. The zero-order valence-electron chi connectivity index (χ0n) is 10.4. The third kappa shape index (κ3) is 3.09. The number of anilines is 1. The molecule has 0 unspecified atom stereocenters. The number of rotatable bonds is 3. The summed E-state index contributed by atoms with van der Waals surface area (Å²) in [5.41, 5.74) is 1.18. The molecular formula is C14H13FN2OS. The van der Waals surface area contributed by atoms with Crippen LogP contribution in [0.2, 0.25) is 0 Å². The van der Waals surface area contributed by atoms with E-state index in [1.165, 1.54) is 12.1 Å². The highest BCUT2D eigenvalue weighted by Crippen LogP contribution is 2.36. The van der Waals surface area contributed by atoms with Gasteiger partial charge in [0.2, 0.25) is 0 Å². The van der Waals surface area contributed by atoms with Crippen molar-refractivity contribution in [2.45, 2.75) is 19.8 Å². The van der Waals surface area contributed by atoms with Gasteiger partial charge in [-0.2, -0.15) is 5.26 Å². The van der Waals surface area contributed by atoms with Crippen LogP contribution in [0.3, 0.4) is 0 Å². The van der Waals surface area contributed by atoms with Crippen LogP contribution in [0, 0.1) is 30.0 Å². The van der Waals surface area contributed by atoms with Gasteiger partial charge >= 0.3 is 0 Å². The number of halogens is 1. The fourth-order valence-electron chi connectivity index (χ4n) is 1.70. The van der Waals surface area contributed by atoms with Crippen LogP contribution in [-0.4, -0.2) is 10.1 Å². The Morgan fingerprint density at radius 2 is 2.21 bits per heavy atom. The van der Waals surface area contributed by atoms with Gasteiger partial charge in [0.1, 0.15) is 28.2 Å². The summed E-state index contributed by atoms with van der Waals surface area (Å²) >= 11 is 5.11. The van der Waals surface area contributed by atoms with Gasteiger partial charge in [-0.05, 0) is 43.5 Å². The maximum absolute atomic E-state index is 13.1. The molecule has 0 aromatic heterocycles. The van der Waals surface area contributed by atoms with Gasteiger partial charge in [-0.15, -0.1) is 0 Å². The monoisotopic (exact) mass is 276 g/mol. The first-order valence-electron chi connectivity index (χ1n) is 5.93. The van der Waals surface area contributed by atoms with E-state index in [0.29, 0.717) is 11.3 Å². The third-order valence-electron chi connectivity index (χ3n) is 2.97. The van der Waals surface area contributed by atoms with Gasteiger partial charge < -0.3 is 10.4 Å². The molecule has 0 heterocycles. The number of hydrogen-bond donors (Lipinski definition) is 2. The van der Waals surface area contributed by atoms with E-state index in [0.717, 1.165) is 12.8 Å². The molecule has 2 N–H and O–H groups in total. The second-order valence-corrected chi connectivity index (χ2v) is 4.97. The molecule has 0 amide bonds. The van der Waals surface area contributed by atoms with E-state index in [-0.39, 0.29) is 28.1 Å². The first kappa shape index (κ1) is 13.5. The predicted molar refractivity (Wildman–Crippen MR) is 75.3 cm³/mol. The number of allylic oxidation sites excluding steroid dienone is 1. The quantitative estimate of drug-likeness (QED) is 0.383. The summed E-state index contributed by atoms with van der Waals surface area (Å²) in [5, 5.41) is 21.8. The largest absolute Gasteiger partial charge is 0.511 e. The molecule has 2 rings (SSSR count). The molecular weight excluding hydrogens is 263 g/mol. The normalized spacial score (nSPS) is 15.4. The molecule has 19 heavy (non-hydrogen) atoms. The van der Waals surface area contributed by atoms with E-state index < -0.39 is 0 Å². The van der Waals surface area contributed by atoms with Crippen LogP contribution in [0.15, 0.2) is 29.5 Å². The van der Waals surface area contributed by atoms with E-state index >= 15 is 0 Å². The lowest BCUT2D eigenvalue weighted by molar-refractivity contribution is 0.377. The van der Waals surface area contributed by atoms with Crippen LogP contribution in [-0.2, 0) is 0 Å². The van der Waals surface area contributed by atoms with Gasteiger partial charge in [-0.3, -0.25) is 0 Å². The topological polar surface area (TPSA) is 56.0 Å². The molecule has 0 bridgehead atoms. The first-order valence-corrected chi connectivity index (χ1v) is 6.34. The highest BCUT2D eigenvalue weighted by atomic mass is 32.1. The second kappa shape index (κ2) is 5.37. The zero-order chi connectivity index (χ0) is 14.0. The molecule has 5 heteroatoms. The Kier molecular flexibility index (Phi) is 3.82. The summed E-state index contributed by atoms with van der Waals surface area (Å²) in [7, 11) is 0. The van der Waals surface area contributed by atoms with Gasteiger partial charge in [-0.1, -0.05) is 12.2 Å². The SMILES string of the molecule is Cc1cc(NC(=S)C(C#N)=C(O)C2CC2)ccc1F. The number of benzene rings is 1. The van der Waals surface area contributed by atoms with Crippen molar-refractivity contribution in [3.8, 4) is 6.07 Å². The highest BCUT2D eigenvalue weighted by Gasteiger charge is 2.29. The molecule has 1 aliphatic carbocycles. The summed E-state index contributed by atoms with van der Waals surface area (Å²) in [5.74, 6) is -0.184. The molecule has 0 aliphatic heterocycles. The van der Waals surface area contributed by atoms with Gasteiger partial charge in [0, 0.05) is 11.6 Å². The van der Waals surface area contributed by atoms with Crippen LogP contribution in [0.25, 0.3) is 0 Å². The summed E-state index contributed by atoms with van der Waals surface area (Å²) in [6.45, 7) is 1.65. The summed E-state index contributed by atoms with van der Waals surface area (Å²) in [6.07, 6.45) is 1.77. The van der Waals surface area contributed by atoms with Crippen LogP contribution < -0.4 is 5.32 Å². The van der Waals surface area contributed by atoms with Gasteiger partial charge in [-0.25, -0.2) is 4.39 Å². The van der Waals surface area contributed by atoms with E-state index in [1.54, 1.807) is 13.0 Å². The Bertz CT molecular complexity index is 600. The highest BCUT2D eigenvalue weighted by molar-refractivity contribution is 7.81. The maximum atomic E-state index is 13.1. The number of nitrogens with zero attached hydrogens (tertiary/aromatic N) is 1. The average molecular weight is 276 g/mol. The number of aliphatic hydroxyl groups excluding tert-OH is 1. The van der Waals surface area contributed by atoms with Crippen molar-refractivity contribution in [1.29, 1.82) is 5.26 Å². The van der Waals surface area contributed by atoms with Crippen molar-refractivity contribution in [2.24, 2.45) is 5.92 Å². The molecule has 0 saturated heterocycles. The van der Waals surface area contributed by atoms with E-state index in [9.17, 15) is 9.50 Å². The number of thiocarbonyl (C=S) groups is 1. The molecule has 1 aromatic rings. The Hall–Kier alpha value is -1.93. The number of nitriles is 1. The summed E-state index contributed by atoms with van der Waals surface area (Å²) in [6, 6.07) is 6.39. The van der Waals surface area contributed by atoms with Crippen molar-refractivity contribution in [3.63, 3.8) is 0 Å². The minimum absolute atomic E-state index is 0.0545. The molecule has 1 aliphatic rings. The molecule has 1 aromatic carbocycles. The fourth-order valence-corrected chi connectivity index (χ4v) is 1.97. The van der Waals surface area contributed by atoms with E-state index in [4.69, 9.17) is 17.5 Å². The Morgan fingerprint density at radius 3 is 2.74 bits per heavy atom. The van der Waals surface area contributed by atoms with E-state index in [2.05, 4.69) is 5.32 Å².